The van der Waals surface area contributed by atoms with Crippen molar-refractivity contribution in [2.75, 3.05) is 6.54 Å². The molecule has 3 rings (SSSR count). The average Bonchev–Trinajstić information content (AvgIpc) is 2.71. The van der Waals surface area contributed by atoms with Crippen molar-refractivity contribution in [1.29, 1.82) is 0 Å². The highest BCUT2D eigenvalue weighted by Crippen LogP contribution is 2.27. The van der Waals surface area contributed by atoms with Gasteiger partial charge in [0.25, 0.3) is 11.8 Å². The van der Waals surface area contributed by atoms with Crippen LogP contribution in [0.1, 0.15) is 16.8 Å². The predicted molar refractivity (Wildman–Crippen MR) is 77.4 cm³/mol. The van der Waals surface area contributed by atoms with Crippen molar-refractivity contribution >= 4 is 17.6 Å². The summed E-state index contributed by atoms with van der Waals surface area (Å²) < 4.78 is 12.9. The van der Waals surface area contributed by atoms with Gasteiger partial charge in [-0.05, 0) is 36.8 Å². The molecule has 0 unspecified atom stereocenters. The molecule has 1 aliphatic heterocycles. The van der Waals surface area contributed by atoms with E-state index in [0.29, 0.717) is 17.6 Å². The molecule has 0 spiro atoms. The van der Waals surface area contributed by atoms with Crippen molar-refractivity contribution < 1.29 is 18.8 Å². The van der Waals surface area contributed by atoms with Gasteiger partial charge in [0.1, 0.15) is 5.82 Å². The van der Waals surface area contributed by atoms with Crippen LogP contribution in [0.3, 0.4) is 0 Å². The zero-order chi connectivity index (χ0) is 15.7. The number of nitrogens with zero attached hydrogens (tertiary/aromatic N) is 1. The smallest absolute Gasteiger partial charge is 0.261 e. The van der Waals surface area contributed by atoms with Crippen molar-refractivity contribution in [2.45, 2.75) is 6.42 Å². The fraction of sp³-hybridized carbons (Fsp3) is 0.118. The van der Waals surface area contributed by atoms with Crippen LogP contribution in [0.15, 0.2) is 59.7 Å². The molecular weight excluding hydrogens is 285 g/mol. The van der Waals surface area contributed by atoms with E-state index in [0.717, 1.165) is 4.90 Å². The zero-order valence-electron chi connectivity index (χ0n) is 11.6. The average molecular weight is 297 g/mol. The number of halogens is 1. The molecule has 1 aromatic carbocycles. The summed E-state index contributed by atoms with van der Waals surface area (Å²) in [5.74, 6) is -1.79. The number of hydrogen-bond donors (Lipinski definition) is 0. The molecule has 0 atom stereocenters. The van der Waals surface area contributed by atoms with Crippen molar-refractivity contribution in [3.05, 3.63) is 71.1 Å². The zero-order valence-corrected chi connectivity index (χ0v) is 11.6. The van der Waals surface area contributed by atoms with Gasteiger partial charge in [0, 0.05) is 11.1 Å². The molecule has 1 aromatic rings. The highest BCUT2D eigenvalue weighted by Gasteiger charge is 2.39. The minimum absolute atomic E-state index is 0.261. The molecule has 0 aromatic heterocycles. The topological polar surface area (TPSA) is 54.5 Å². The summed E-state index contributed by atoms with van der Waals surface area (Å²) in [4.78, 5) is 37.6. The molecule has 0 radical (unpaired) electrons. The first kappa shape index (κ1) is 14.1. The van der Waals surface area contributed by atoms with Gasteiger partial charge >= 0.3 is 0 Å². The Morgan fingerprint density at radius 2 is 1.77 bits per heavy atom. The molecule has 1 fully saturated rings. The van der Waals surface area contributed by atoms with Crippen LogP contribution in [0.4, 0.5) is 4.39 Å². The molecule has 4 nitrogen and oxygen atoms in total. The lowest BCUT2D eigenvalue weighted by molar-refractivity contribution is -0.135. The Balaban J connectivity index is 1.84. The molecule has 22 heavy (non-hydrogen) atoms. The normalized spacial score (nSPS) is 17.0. The highest BCUT2D eigenvalue weighted by molar-refractivity contribution is 6.26. The number of fused-ring (bicyclic) bond motifs is 1. The minimum Gasteiger partial charge on any atom is -0.292 e. The first-order valence-corrected chi connectivity index (χ1v) is 6.80. The maximum absolute atomic E-state index is 12.9. The lowest BCUT2D eigenvalue weighted by atomic mass is 10.1. The second-order valence-electron chi connectivity index (χ2n) is 4.99. The van der Waals surface area contributed by atoms with E-state index in [9.17, 15) is 18.8 Å². The molecule has 1 aliphatic carbocycles. The monoisotopic (exact) mass is 297 g/mol. The van der Waals surface area contributed by atoms with Crippen molar-refractivity contribution in [2.24, 2.45) is 0 Å². The number of Topliss-reactive ketones (excluding diaryl/α,β-unsaturated/α-hetero) is 1. The number of amides is 2. The molecule has 2 aliphatic rings. The van der Waals surface area contributed by atoms with Crippen molar-refractivity contribution in [1.82, 2.24) is 4.90 Å². The van der Waals surface area contributed by atoms with Crippen LogP contribution in [0.5, 0.6) is 0 Å². The number of ketones is 1. The minimum atomic E-state index is -0.474. The van der Waals surface area contributed by atoms with Gasteiger partial charge in [-0.15, -0.1) is 0 Å². The van der Waals surface area contributed by atoms with E-state index >= 15 is 0 Å². The highest BCUT2D eigenvalue weighted by atomic mass is 19.1. The van der Waals surface area contributed by atoms with Crippen LogP contribution in [0.2, 0.25) is 0 Å². The van der Waals surface area contributed by atoms with Gasteiger partial charge in [-0.1, -0.05) is 18.2 Å². The summed E-state index contributed by atoms with van der Waals surface area (Å²) in [7, 11) is 0. The molecule has 0 bridgehead atoms. The van der Waals surface area contributed by atoms with E-state index < -0.39 is 23.4 Å². The predicted octanol–water partition coefficient (Wildman–Crippen LogP) is 2.19. The Labute approximate surface area is 126 Å². The Bertz CT molecular complexity index is 757. The molecule has 110 valence electrons. The fourth-order valence-electron chi connectivity index (χ4n) is 2.41. The third kappa shape index (κ3) is 2.41. The molecule has 1 saturated heterocycles. The Morgan fingerprint density at radius 3 is 2.50 bits per heavy atom. The van der Waals surface area contributed by atoms with E-state index in [1.165, 1.54) is 24.3 Å². The Hall–Kier alpha value is -2.82. The largest absolute Gasteiger partial charge is 0.292 e. The maximum atomic E-state index is 12.9. The summed E-state index contributed by atoms with van der Waals surface area (Å²) in [6.07, 6.45) is 7.38. The molecule has 1 heterocycles. The quantitative estimate of drug-likeness (QED) is 0.635. The van der Waals surface area contributed by atoms with E-state index in [2.05, 4.69) is 0 Å². The second kappa shape index (κ2) is 5.52. The van der Waals surface area contributed by atoms with Gasteiger partial charge in [0.2, 0.25) is 0 Å². The maximum Gasteiger partial charge on any atom is 0.261 e. The second-order valence-corrected chi connectivity index (χ2v) is 4.99. The third-order valence-corrected chi connectivity index (χ3v) is 3.57. The van der Waals surface area contributed by atoms with Gasteiger partial charge in [-0.25, -0.2) is 4.39 Å². The number of rotatable bonds is 3. The van der Waals surface area contributed by atoms with Crippen molar-refractivity contribution in [3.8, 4) is 0 Å². The summed E-state index contributed by atoms with van der Waals surface area (Å²) in [5.41, 5.74) is 0.907. The Kier molecular flexibility index (Phi) is 3.55. The summed E-state index contributed by atoms with van der Waals surface area (Å²) in [6.45, 7) is -0.346. The molecule has 0 saturated carbocycles. The van der Waals surface area contributed by atoms with Crippen LogP contribution < -0.4 is 0 Å². The van der Waals surface area contributed by atoms with Crippen molar-refractivity contribution in [3.63, 3.8) is 0 Å². The fourth-order valence-corrected chi connectivity index (χ4v) is 2.41. The van der Waals surface area contributed by atoms with E-state index in [-0.39, 0.29) is 12.1 Å². The van der Waals surface area contributed by atoms with Crippen LogP contribution in [-0.2, 0) is 9.59 Å². The Morgan fingerprint density at radius 1 is 1.09 bits per heavy atom. The van der Waals surface area contributed by atoms with E-state index in [1.807, 2.05) is 6.08 Å². The number of allylic oxidation sites excluding steroid dienone is 4. The SMILES string of the molecule is O=C(CN1C(=O)C2=CC=CCC=C2C1=O)c1ccc(F)cc1. The lowest BCUT2D eigenvalue weighted by Crippen LogP contribution is -2.34. The van der Waals surface area contributed by atoms with Gasteiger partial charge in [-0.2, -0.15) is 0 Å². The molecule has 2 amide bonds. The van der Waals surface area contributed by atoms with Gasteiger partial charge in [-0.3, -0.25) is 19.3 Å². The summed E-state index contributed by atoms with van der Waals surface area (Å²) >= 11 is 0. The van der Waals surface area contributed by atoms with Crippen LogP contribution in [0, 0.1) is 5.82 Å². The van der Waals surface area contributed by atoms with E-state index in [4.69, 9.17) is 0 Å². The van der Waals surface area contributed by atoms with Gasteiger partial charge in [0.15, 0.2) is 5.78 Å². The summed E-state index contributed by atoms with van der Waals surface area (Å²) in [6, 6.07) is 5.01. The van der Waals surface area contributed by atoms with Crippen LogP contribution in [-0.4, -0.2) is 29.0 Å². The van der Waals surface area contributed by atoms with Crippen LogP contribution >= 0.6 is 0 Å². The van der Waals surface area contributed by atoms with Gasteiger partial charge < -0.3 is 0 Å². The first-order chi connectivity index (χ1) is 10.6. The number of carbonyl (C=O) groups is 3. The number of imide groups is 1. The molecule has 0 N–H and O–H groups in total. The number of likely N-dealkylation sites (tertiary alicyclic amines) is 1. The summed E-state index contributed by atoms with van der Waals surface area (Å²) in [5, 5.41) is 0. The molecular formula is C17H12FNO3. The number of carbonyl (C=O) groups excluding carboxylic acids is 3. The standard InChI is InChI=1S/C17H12FNO3/c18-12-8-6-11(7-9-12)15(20)10-19-16(21)13-4-2-1-3-5-14(13)17(19)22/h1-2,4-9H,3,10H2. The lowest BCUT2D eigenvalue weighted by Gasteiger charge is -2.12. The number of benzene rings is 1. The first-order valence-electron chi connectivity index (χ1n) is 6.80. The van der Waals surface area contributed by atoms with Gasteiger partial charge in [0.05, 0.1) is 12.1 Å². The number of hydrogen-bond acceptors (Lipinski definition) is 3. The van der Waals surface area contributed by atoms with E-state index in [1.54, 1.807) is 18.2 Å². The molecule has 5 heteroatoms. The third-order valence-electron chi connectivity index (χ3n) is 3.57. The van der Waals surface area contributed by atoms with Crippen LogP contribution in [0.25, 0.3) is 0 Å².